The molecule has 0 fully saturated rings. The number of halogens is 1. The highest BCUT2D eigenvalue weighted by Gasteiger charge is 2.12. The van der Waals surface area contributed by atoms with Gasteiger partial charge in [0.05, 0.1) is 13.2 Å². The van der Waals surface area contributed by atoms with Crippen molar-refractivity contribution in [2.75, 3.05) is 13.7 Å². The lowest BCUT2D eigenvalue weighted by Crippen LogP contribution is -2.31. The van der Waals surface area contributed by atoms with Crippen molar-refractivity contribution in [1.29, 1.82) is 0 Å². The normalized spacial score (nSPS) is 11.5. The van der Waals surface area contributed by atoms with Gasteiger partial charge in [-0.3, -0.25) is 4.79 Å². The fourth-order valence-corrected chi connectivity index (χ4v) is 2.39. The van der Waals surface area contributed by atoms with Crippen molar-refractivity contribution in [3.05, 3.63) is 72.1 Å². The minimum Gasteiger partial charge on any atom is -0.493 e. The van der Waals surface area contributed by atoms with Crippen LogP contribution >= 0.6 is 0 Å². The molecular formula is C20H22FNO3. The molecular weight excluding hydrogens is 321 g/mol. The van der Waals surface area contributed by atoms with Crippen LogP contribution in [0.2, 0.25) is 0 Å². The summed E-state index contributed by atoms with van der Waals surface area (Å²) < 4.78 is 23.8. The Labute approximate surface area is 147 Å². The maximum atomic E-state index is 12.9. The van der Waals surface area contributed by atoms with E-state index in [9.17, 15) is 9.18 Å². The van der Waals surface area contributed by atoms with E-state index < -0.39 is 0 Å². The fraction of sp³-hybridized carbons (Fsp3) is 0.250. The van der Waals surface area contributed by atoms with Crippen LogP contribution in [0.15, 0.2) is 55.1 Å². The molecule has 2 aromatic rings. The van der Waals surface area contributed by atoms with Crippen LogP contribution in [-0.2, 0) is 11.2 Å². The highest BCUT2D eigenvalue weighted by atomic mass is 19.1. The van der Waals surface area contributed by atoms with Crippen LogP contribution in [0.25, 0.3) is 0 Å². The number of carbonyl (C=O) groups excluding carboxylic acids is 1. The van der Waals surface area contributed by atoms with Crippen LogP contribution in [0, 0.1) is 5.82 Å². The van der Waals surface area contributed by atoms with E-state index in [2.05, 4.69) is 11.9 Å². The maximum absolute atomic E-state index is 12.9. The first kappa shape index (κ1) is 18.5. The third-order valence-corrected chi connectivity index (χ3v) is 3.71. The molecule has 2 rings (SSSR count). The van der Waals surface area contributed by atoms with Crippen molar-refractivity contribution < 1.29 is 18.7 Å². The van der Waals surface area contributed by atoms with E-state index in [4.69, 9.17) is 9.47 Å². The number of rotatable bonds is 8. The number of benzene rings is 2. The van der Waals surface area contributed by atoms with Crippen molar-refractivity contribution in [2.45, 2.75) is 19.4 Å². The average Bonchev–Trinajstić information content (AvgIpc) is 2.61. The number of amides is 1. The molecule has 1 unspecified atom stereocenters. The van der Waals surface area contributed by atoms with Gasteiger partial charge in [0, 0.05) is 0 Å². The van der Waals surface area contributed by atoms with Gasteiger partial charge in [0.25, 0.3) is 5.91 Å². The summed E-state index contributed by atoms with van der Waals surface area (Å²) in [5.41, 5.74) is 1.87. The van der Waals surface area contributed by atoms with Crippen LogP contribution in [0.3, 0.4) is 0 Å². The first-order valence-electron chi connectivity index (χ1n) is 7.99. The quantitative estimate of drug-likeness (QED) is 0.741. The van der Waals surface area contributed by atoms with E-state index in [1.54, 1.807) is 31.4 Å². The minimum atomic E-state index is -0.308. The lowest BCUT2D eigenvalue weighted by atomic mass is 10.1. The van der Waals surface area contributed by atoms with Crippen molar-refractivity contribution in [1.82, 2.24) is 5.32 Å². The standard InChI is InChI=1S/C20H22FNO3/c1-4-5-15-6-11-18(19(12-15)24-3)25-13-20(23)22-14(2)16-7-9-17(21)10-8-16/h4,6-12,14H,1,5,13H2,2-3H3,(H,22,23). The van der Waals surface area contributed by atoms with Gasteiger partial charge in [0.2, 0.25) is 0 Å². The molecule has 0 radical (unpaired) electrons. The van der Waals surface area contributed by atoms with E-state index >= 15 is 0 Å². The van der Waals surface area contributed by atoms with Gasteiger partial charge >= 0.3 is 0 Å². The molecule has 132 valence electrons. The molecule has 0 saturated carbocycles. The number of ether oxygens (including phenoxy) is 2. The second kappa shape index (κ2) is 8.87. The van der Waals surface area contributed by atoms with Gasteiger partial charge in [-0.05, 0) is 48.7 Å². The van der Waals surface area contributed by atoms with Crippen molar-refractivity contribution in [2.24, 2.45) is 0 Å². The summed E-state index contributed by atoms with van der Waals surface area (Å²) in [6.07, 6.45) is 2.53. The Morgan fingerprint density at radius 3 is 2.60 bits per heavy atom. The average molecular weight is 343 g/mol. The van der Waals surface area contributed by atoms with Crippen LogP contribution in [0.5, 0.6) is 11.5 Å². The maximum Gasteiger partial charge on any atom is 0.258 e. The molecule has 0 aliphatic heterocycles. The van der Waals surface area contributed by atoms with E-state index in [1.807, 2.05) is 19.1 Å². The molecule has 1 amide bonds. The highest BCUT2D eigenvalue weighted by Crippen LogP contribution is 2.28. The van der Waals surface area contributed by atoms with Gasteiger partial charge in [0.1, 0.15) is 5.82 Å². The van der Waals surface area contributed by atoms with Crippen LogP contribution in [-0.4, -0.2) is 19.6 Å². The summed E-state index contributed by atoms with van der Waals surface area (Å²) in [6, 6.07) is 11.3. The van der Waals surface area contributed by atoms with E-state index in [0.29, 0.717) is 11.5 Å². The van der Waals surface area contributed by atoms with Crippen LogP contribution in [0.4, 0.5) is 4.39 Å². The summed E-state index contributed by atoms with van der Waals surface area (Å²) in [4.78, 5) is 12.1. The number of carbonyl (C=O) groups is 1. The molecule has 0 aromatic heterocycles. The Hall–Kier alpha value is -2.82. The molecule has 25 heavy (non-hydrogen) atoms. The summed E-state index contributed by atoms with van der Waals surface area (Å²) >= 11 is 0. The van der Waals surface area contributed by atoms with E-state index in [0.717, 1.165) is 17.5 Å². The van der Waals surface area contributed by atoms with E-state index in [-0.39, 0.29) is 24.4 Å². The van der Waals surface area contributed by atoms with Crippen molar-refractivity contribution >= 4 is 5.91 Å². The molecule has 1 N–H and O–H groups in total. The van der Waals surface area contributed by atoms with Crippen molar-refractivity contribution in [3.8, 4) is 11.5 Å². The highest BCUT2D eigenvalue weighted by molar-refractivity contribution is 5.78. The van der Waals surface area contributed by atoms with Crippen LogP contribution in [0.1, 0.15) is 24.1 Å². The zero-order valence-electron chi connectivity index (χ0n) is 14.4. The van der Waals surface area contributed by atoms with Gasteiger partial charge in [-0.25, -0.2) is 4.39 Å². The summed E-state index contributed by atoms with van der Waals surface area (Å²) in [6.45, 7) is 5.40. The molecule has 0 bridgehead atoms. The minimum absolute atomic E-state index is 0.136. The first-order chi connectivity index (χ1) is 12.0. The predicted octanol–water partition coefficient (Wildman–Crippen LogP) is 3.82. The van der Waals surface area contributed by atoms with Gasteiger partial charge in [-0.1, -0.05) is 24.3 Å². The topological polar surface area (TPSA) is 47.6 Å². The van der Waals surface area contributed by atoms with Crippen LogP contribution < -0.4 is 14.8 Å². The molecule has 1 atom stereocenters. The first-order valence-corrected chi connectivity index (χ1v) is 7.99. The number of nitrogens with one attached hydrogen (secondary N) is 1. The van der Waals surface area contributed by atoms with Gasteiger partial charge < -0.3 is 14.8 Å². The third-order valence-electron chi connectivity index (χ3n) is 3.71. The molecule has 0 aliphatic carbocycles. The lowest BCUT2D eigenvalue weighted by molar-refractivity contribution is -0.123. The monoisotopic (exact) mass is 343 g/mol. The predicted molar refractivity (Wildman–Crippen MR) is 95.3 cm³/mol. The Kier molecular flexibility index (Phi) is 6.57. The molecule has 0 saturated heterocycles. The third kappa shape index (κ3) is 5.35. The number of methoxy groups -OCH3 is 1. The second-order valence-corrected chi connectivity index (χ2v) is 5.61. The van der Waals surface area contributed by atoms with Gasteiger partial charge in [0.15, 0.2) is 18.1 Å². The summed E-state index contributed by atoms with van der Waals surface area (Å²) in [5.74, 6) is 0.491. The Balaban J connectivity index is 1.93. The zero-order valence-corrected chi connectivity index (χ0v) is 14.4. The number of hydrogen-bond donors (Lipinski definition) is 1. The fourth-order valence-electron chi connectivity index (χ4n) is 2.39. The number of allylic oxidation sites excluding steroid dienone is 1. The van der Waals surface area contributed by atoms with Gasteiger partial charge in [-0.15, -0.1) is 6.58 Å². The molecule has 0 heterocycles. The Bertz CT molecular complexity index is 728. The zero-order chi connectivity index (χ0) is 18.2. The second-order valence-electron chi connectivity index (χ2n) is 5.61. The van der Waals surface area contributed by atoms with Gasteiger partial charge in [-0.2, -0.15) is 0 Å². The molecule has 2 aromatic carbocycles. The Morgan fingerprint density at radius 2 is 1.96 bits per heavy atom. The largest absolute Gasteiger partial charge is 0.493 e. The molecule has 0 aliphatic rings. The molecule has 0 spiro atoms. The number of hydrogen-bond acceptors (Lipinski definition) is 3. The van der Waals surface area contributed by atoms with E-state index in [1.165, 1.54) is 12.1 Å². The smallest absolute Gasteiger partial charge is 0.258 e. The lowest BCUT2D eigenvalue weighted by Gasteiger charge is -2.16. The SMILES string of the molecule is C=CCc1ccc(OCC(=O)NC(C)c2ccc(F)cc2)c(OC)c1. The summed E-state index contributed by atoms with van der Waals surface area (Å²) in [5, 5.41) is 2.81. The van der Waals surface area contributed by atoms with Crippen molar-refractivity contribution in [3.63, 3.8) is 0 Å². The Morgan fingerprint density at radius 1 is 1.24 bits per heavy atom. The molecule has 4 nitrogen and oxygen atoms in total. The summed E-state index contributed by atoms with van der Waals surface area (Å²) in [7, 11) is 1.55. The molecule has 5 heteroatoms.